The third kappa shape index (κ3) is 5.58. The minimum absolute atomic E-state index is 0. The Hall–Kier alpha value is -1.85. The van der Waals surface area contributed by atoms with Crippen molar-refractivity contribution in [3.05, 3.63) is 41.6 Å². The van der Waals surface area contributed by atoms with E-state index in [2.05, 4.69) is 31.4 Å². The fraction of sp³-hybridized carbons (Fsp3) is 0.474. The van der Waals surface area contributed by atoms with Crippen molar-refractivity contribution in [1.82, 2.24) is 15.1 Å². The highest BCUT2D eigenvalue weighted by Crippen LogP contribution is 2.27. The van der Waals surface area contributed by atoms with Gasteiger partial charge in [-0.25, -0.2) is 4.68 Å². The molecule has 5 nitrogen and oxygen atoms in total. The quantitative estimate of drug-likeness (QED) is 0.765. The molecule has 1 heterocycles. The van der Waals surface area contributed by atoms with E-state index in [0.717, 1.165) is 35.7 Å². The van der Waals surface area contributed by atoms with Crippen LogP contribution in [0.25, 0.3) is 5.69 Å². The maximum Gasteiger partial charge on any atom is 0.225 e. The molecule has 2 N–H and O–H groups in total. The average molecular weight is 365 g/mol. The molecule has 0 bridgehead atoms. The topological polar surface area (TPSA) is 59.0 Å². The Morgan fingerprint density at radius 2 is 1.92 bits per heavy atom. The maximum atomic E-state index is 12.2. The Balaban J connectivity index is 0.00000312. The van der Waals surface area contributed by atoms with Gasteiger partial charge in [-0.1, -0.05) is 39.0 Å². The summed E-state index contributed by atoms with van der Waals surface area (Å²) in [6.45, 7) is 9.24. The summed E-state index contributed by atoms with van der Waals surface area (Å²) in [5.74, 6) is 0.740. The zero-order valence-corrected chi connectivity index (χ0v) is 16.5. The highest BCUT2D eigenvalue weighted by molar-refractivity contribution is 5.90. The monoisotopic (exact) mass is 364 g/mol. The number of aryl methyl sites for hydroxylation is 1. The van der Waals surface area contributed by atoms with E-state index in [-0.39, 0.29) is 23.7 Å². The highest BCUT2D eigenvalue weighted by Gasteiger charge is 2.21. The molecule has 0 atom stereocenters. The zero-order chi connectivity index (χ0) is 17.7. The van der Waals surface area contributed by atoms with Gasteiger partial charge in [0.25, 0.3) is 0 Å². The lowest BCUT2D eigenvalue weighted by atomic mass is 9.92. The number of nitrogens with zero attached hydrogens (tertiary/aromatic N) is 2. The number of anilines is 1. The number of para-hydroxylation sites is 1. The second-order valence-electron chi connectivity index (χ2n) is 7.12. The van der Waals surface area contributed by atoms with Gasteiger partial charge in [-0.3, -0.25) is 4.79 Å². The van der Waals surface area contributed by atoms with E-state index in [1.165, 1.54) is 0 Å². The molecular formula is C19H29ClN4O. The molecule has 0 saturated carbocycles. The molecular weight excluding hydrogens is 336 g/mol. The number of amides is 1. The van der Waals surface area contributed by atoms with Crippen molar-refractivity contribution in [3.63, 3.8) is 0 Å². The maximum absolute atomic E-state index is 12.2. The molecule has 0 aliphatic rings. The molecule has 0 saturated heterocycles. The average Bonchev–Trinajstić information content (AvgIpc) is 2.92. The molecule has 0 aliphatic heterocycles. The fourth-order valence-electron chi connectivity index (χ4n) is 2.45. The molecule has 0 fully saturated rings. The van der Waals surface area contributed by atoms with Gasteiger partial charge in [-0.05, 0) is 38.6 Å². The predicted molar refractivity (Wildman–Crippen MR) is 106 cm³/mol. The van der Waals surface area contributed by atoms with Crippen molar-refractivity contribution >= 4 is 24.1 Å². The Bertz CT molecular complexity index is 704. The van der Waals surface area contributed by atoms with Gasteiger partial charge < -0.3 is 10.6 Å². The van der Waals surface area contributed by atoms with Crippen LogP contribution in [0.1, 0.15) is 44.9 Å². The number of rotatable bonds is 6. The standard InChI is InChI=1S/C19H28N4O.ClH/c1-14-9-6-7-10-15(14)23-17(13-16(22-23)19(2,3)4)21-18(24)11-8-12-20-5;/h6-7,9-10,13,20H,8,11-12H2,1-5H3,(H,21,24);1H. The Morgan fingerprint density at radius 3 is 2.52 bits per heavy atom. The number of hydrogen-bond acceptors (Lipinski definition) is 3. The first-order chi connectivity index (χ1) is 11.3. The van der Waals surface area contributed by atoms with Crippen LogP contribution in [0.3, 0.4) is 0 Å². The third-order valence-electron chi connectivity index (χ3n) is 3.92. The van der Waals surface area contributed by atoms with Crippen molar-refractivity contribution in [3.8, 4) is 5.69 Å². The summed E-state index contributed by atoms with van der Waals surface area (Å²) in [6, 6.07) is 10.0. The largest absolute Gasteiger partial charge is 0.320 e. The fourth-order valence-corrected chi connectivity index (χ4v) is 2.45. The van der Waals surface area contributed by atoms with E-state index in [9.17, 15) is 4.79 Å². The van der Waals surface area contributed by atoms with Gasteiger partial charge in [0.05, 0.1) is 11.4 Å². The van der Waals surface area contributed by atoms with Gasteiger partial charge in [-0.2, -0.15) is 5.10 Å². The van der Waals surface area contributed by atoms with Crippen LogP contribution in [0, 0.1) is 6.92 Å². The van der Waals surface area contributed by atoms with Crippen molar-refractivity contribution in [2.75, 3.05) is 18.9 Å². The van der Waals surface area contributed by atoms with Crippen LogP contribution in [0.5, 0.6) is 0 Å². The van der Waals surface area contributed by atoms with Gasteiger partial charge in [-0.15, -0.1) is 12.4 Å². The van der Waals surface area contributed by atoms with Gasteiger partial charge >= 0.3 is 0 Å². The van der Waals surface area contributed by atoms with E-state index in [1.54, 1.807) is 0 Å². The predicted octanol–water partition coefficient (Wildman–Crippen LogP) is 3.84. The molecule has 0 unspecified atom stereocenters. The SMILES string of the molecule is CNCCCC(=O)Nc1cc(C(C)(C)C)nn1-c1ccccc1C.Cl. The minimum atomic E-state index is -0.0838. The second-order valence-corrected chi connectivity index (χ2v) is 7.12. The van der Waals surface area contributed by atoms with Gasteiger partial charge in [0, 0.05) is 17.9 Å². The van der Waals surface area contributed by atoms with Crippen molar-refractivity contribution in [1.29, 1.82) is 0 Å². The summed E-state index contributed by atoms with van der Waals surface area (Å²) in [4.78, 5) is 12.2. The first-order valence-corrected chi connectivity index (χ1v) is 8.44. The van der Waals surface area contributed by atoms with E-state index in [4.69, 9.17) is 5.10 Å². The zero-order valence-electron chi connectivity index (χ0n) is 15.7. The number of nitrogens with one attached hydrogen (secondary N) is 2. The smallest absolute Gasteiger partial charge is 0.225 e. The first kappa shape index (κ1) is 21.2. The summed E-state index contributed by atoms with van der Waals surface area (Å²) < 4.78 is 1.84. The van der Waals surface area contributed by atoms with Crippen molar-refractivity contribution in [2.45, 2.75) is 46.0 Å². The van der Waals surface area contributed by atoms with Crippen molar-refractivity contribution in [2.24, 2.45) is 0 Å². The van der Waals surface area contributed by atoms with Crippen LogP contribution >= 0.6 is 12.4 Å². The van der Waals surface area contributed by atoms with E-state index >= 15 is 0 Å². The summed E-state index contributed by atoms with van der Waals surface area (Å²) in [5, 5.41) is 10.8. The van der Waals surface area contributed by atoms with E-state index < -0.39 is 0 Å². The van der Waals surface area contributed by atoms with Gasteiger partial charge in [0.2, 0.25) is 5.91 Å². The summed E-state index contributed by atoms with van der Waals surface area (Å²) >= 11 is 0. The molecule has 138 valence electrons. The van der Waals surface area contributed by atoms with Crippen LogP contribution in [0.4, 0.5) is 5.82 Å². The van der Waals surface area contributed by atoms with Gasteiger partial charge in [0.15, 0.2) is 0 Å². The highest BCUT2D eigenvalue weighted by atomic mass is 35.5. The Labute approximate surface area is 156 Å². The molecule has 0 radical (unpaired) electrons. The lowest BCUT2D eigenvalue weighted by Gasteiger charge is -2.14. The number of carbonyl (C=O) groups is 1. The molecule has 1 amide bonds. The molecule has 0 aliphatic carbocycles. The van der Waals surface area contributed by atoms with Crippen LogP contribution < -0.4 is 10.6 Å². The van der Waals surface area contributed by atoms with Crippen LogP contribution in [0.15, 0.2) is 30.3 Å². The lowest BCUT2D eigenvalue weighted by Crippen LogP contribution is -2.17. The van der Waals surface area contributed by atoms with Gasteiger partial charge in [0.1, 0.15) is 5.82 Å². The summed E-state index contributed by atoms with van der Waals surface area (Å²) in [5.41, 5.74) is 2.97. The lowest BCUT2D eigenvalue weighted by molar-refractivity contribution is -0.116. The molecule has 0 spiro atoms. The number of benzene rings is 1. The Morgan fingerprint density at radius 1 is 1.24 bits per heavy atom. The van der Waals surface area contributed by atoms with Crippen LogP contribution in [-0.4, -0.2) is 29.3 Å². The molecule has 2 aromatic rings. The number of carbonyl (C=O) groups excluding carboxylic acids is 1. The van der Waals surface area contributed by atoms with Crippen LogP contribution in [-0.2, 0) is 10.2 Å². The molecule has 1 aromatic carbocycles. The van der Waals surface area contributed by atoms with E-state index in [0.29, 0.717) is 6.42 Å². The molecule has 1 aromatic heterocycles. The summed E-state index contributed by atoms with van der Waals surface area (Å²) in [7, 11) is 1.89. The van der Waals surface area contributed by atoms with Crippen molar-refractivity contribution < 1.29 is 4.79 Å². The van der Waals surface area contributed by atoms with E-state index in [1.807, 2.05) is 49.0 Å². The Kier molecular flexibility index (Phi) is 7.64. The molecule has 2 rings (SSSR count). The normalized spacial score (nSPS) is 11.1. The number of hydrogen-bond donors (Lipinski definition) is 2. The first-order valence-electron chi connectivity index (χ1n) is 8.44. The summed E-state index contributed by atoms with van der Waals surface area (Å²) in [6.07, 6.45) is 1.30. The minimum Gasteiger partial charge on any atom is -0.320 e. The van der Waals surface area contributed by atoms with Crippen LogP contribution in [0.2, 0.25) is 0 Å². The number of aromatic nitrogens is 2. The molecule has 25 heavy (non-hydrogen) atoms. The second kappa shape index (κ2) is 9.02. The molecule has 6 heteroatoms. The third-order valence-corrected chi connectivity index (χ3v) is 3.92. The number of halogens is 1.